The van der Waals surface area contributed by atoms with Gasteiger partial charge in [-0.3, -0.25) is 4.90 Å². The molecule has 0 aliphatic heterocycles. The summed E-state index contributed by atoms with van der Waals surface area (Å²) in [7, 11) is 5.50. The van der Waals surface area contributed by atoms with Crippen molar-refractivity contribution in [2.75, 3.05) is 27.8 Å². The highest BCUT2D eigenvalue weighted by Gasteiger charge is 2.18. The van der Waals surface area contributed by atoms with Crippen LogP contribution < -0.4 is 15.2 Å². The third-order valence-corrected chi connectivity index (χ3v) is 4.22. The molecule has 0 heterocycles. The molecule has 2 N–H and O–H groups in total. The number of methoxy groups -OCH3 is 2. The molecule has 0 saturated heterocycles. The molecule has 0 amide bonds. The number of hydrogen-bond acceptors (Lipinski definition) is 4. The zero-order chi connectivity index (χ0) is 16.0. The molecule has 0 spiro atoms. The first-order valence-corrected chi connectivity index (χ1v) is 7.58. The smallest absolute Gasteiger partial charge is 0.123 e. The highest BCUT2D eigenvalue weighted by Crippen LogP contribution is 2.32. The average molecular weight is 294 g/mol. The maximum absolute atomic E-state index is 6.13. The normalized spacial score (nSPS) is 14.3. The van der Waals surface area contributed by atoms with Crippen molar-refractivity contribution in [1.82, 2.24) is 4.90 Å². The molecule has 120 valence electrons. The van der Waals surface area contributed by atoms with Gasteiger partial charge in [-0.25, -0.2) is 0 Å². The Kier molecular flexibility index (Phi) is 6.99. The van der Waals surface area contributed by atoms with E-state index in [1.165, 1.54) is 0 Å². The van der Waals surface area contributed by atoms with Crippen molar-refractivity contribution in [1.29, 1.82) is 0 Å². The highest BCUT2D eigenvalue weighted by atomic mass is 16.5. The van der Waals surface area contributed by atoms with Crippen molar-refractivity contribution in [2.24, 2.45) is 11.7 Å². The topological polar surface area (TPSA) is 47.7 Å². The molecule has 0 aliphatic carbocycles. The van der Waals surface area contributed by atoms with Crippen molar-refractivity contribution in [3.63, 3.8) is 0 Å². The van der Waals surface area contributed by atoms with Gasteiger partial charge in [-0.15, -0.1) is 0 Å². The minimum Gasteiger partial charge on any atom is -0.497 e. The molecule has 1 aromatic carbocycles. The molecular weight excluding hydrogens is 264 g/mol. The Hall–Kier alpha value is -1.26. The molecule has 0 fully saturated rings. The van der Waals surface area contributed by atoms with Crippen LogP contribution in [0.4, 0.5) is 0 Å². The van der Waals surface area contributed by atoms with Crippen LogP contribution in [0.15, 0.2) is 18.2 Å². The van der Waals surface area contributed by atoms with Crippen LogP contribution in [0.2, 0.25) is 0 Å². The zero-order valence-corrected chi connectivity index (χ0v) is 14.2. The summed E-state index contributed by atoms with van der Waals surface area (Å²) in [5, 5.41) is 0. The van der Waals surface area contributed by atoms with Crippen LogP contribution in [0.1, 0.15) is 38.8 Å². The lowest BCUT2D eigenvalue weighted by atomic mass is 10.0. The number of nitrogens with two attached hydrogens (primary N) is 1. The van der Waals surface area contributed by atoms with Gasteiger partial charge in [0.25, 0.3) is 0 Å². The van der Waals surface area contributed by atoms with Gasteiger partial charge in [-0.1, -0.05) is 13.8 Å². The quantitative estimate of drug-likeness (QED) is 0.800. The molecule has 2 unspecified atom stereocenters. The molecule has 4 nitrogen and oxygen atoms in total. The summed E-state index contributed by atoms with van der Waals surface area (Å²) in [5.41, 5.74) is 7.27. The third kappa shape index (κ3) is 4.90. The van der Waals surface area contributed by atoms with Gasteiger partial charge in [0, 0.05) is 17.6 Å². The summed E-state index contributed by atoms with van der Waals surface area (Å²) in [6.07, 6.45) is 0.991. The van der Waals surface area contributed by atoms with E-state index in [0.29, 0.717) is 5.92 Å². The Morgan fingerprint density at radius 3 is 2.33 bits per heavy atom. The van der Waals surface area contributed by atoms with Crippen LogP contribution in [-0.4, -0.2) is 38.8 Å². The van der Waals surface area contributed by atoms with E-state index < -0.39 is 0 Å². The SMILES string of the molecule is COc1ccc(OC)c(C(C)N(C)CCC(N)C(C)C)c1. The van der Waals surface area contributed by atoms with Crippen LogP contribution in [0, 0.1) is 5.92 Å². The summed E-state index contributed by atoms with van der Waals surface area (Å²) in [6.45, 7) is 7.47. The lowest BCUT2D eigenvalue weighted by molar-refractivity contribution is 0.238. The molecular formula is C17H30N2O2. The van der Waals surface area contributed by atoms with Gasteiger partial charge in [0.2, 0.25) is 0 Å². The number of rotatable bonds is 8. The molecule has 2 atom stereocenters. The maximum atomic E-state index is 6.13. The second kappa shape index (κ2) is 8.25. The van der Waals surface area contributed by atoms with Crippen molar-refractivity contribution in [3.05, 3.63) is 23.8 Å². The van der Waals surface area contributed by atoms with E-state index in [-0.39, 0.29) is 12.1 Å². The highest BCUT2D eigenvalue weighted by molar-refractivity contribution is 5.42. The van der Waals surface area contributed by atoms with Gasteiger partial charge in [0.1, 0.15) is 11.5 Å². The van der Waals surface area contributed by atoms with E-state index in [0.717, 1.165) is 30.0 Å². The fourth-order valence-corrected chi connectivity index (χ4v) is 2.28. The van der Waals surface area contributed by atoms with E-state index in [4.69, 9.17) is 15.2 Å². The number of nitrogens with zero attached hydrogens (tertiary/aromatic N) is 1. The van der Waals surface area contributed by atoms with Crippen molar-refractivity contribution >= 4 is 0 Å². The Morgan fingerprint density at radius 2 is 1.81 bits per heavy atom. The molecule has 1 rings (SSSR count). The van der Waals surface area contributed by atoms with E-state index >= 15 is 0 Å². The van der Waals surface area contributed by atoms with Crippen LogP contribution >= 0.6 is 0 Å². The standard InChI is InChI=1S/C17H30N2O2/c1-12(2)16(18)9-10-19(4)13(3)15-11-14(20-5)7-8-17(15)21-6/h7-8,11-13,16H,9-10,18H2,1-6H3. The second-order valence-corrected chi connectivity index (χ2v) is 5.96. The lowest BCUT2D eigenvalue weighted by Gasteiger charge is -2.28. The van der Waals surface area contributed by atoms with E-state index in [9.17, 15) is 0 Å². The summed E-state index contributed by atoms with van der Waals surface area (Å²) in [5.74, 6) is 2.26. The molecule has 0 aromatic heterocycles. The number of benzene rings is 1. The molecule has 0 bridgehead atoms. The largest absolute Gasteiger partial charge is 0.497 e. The minimum absolute atomic E-state index is 0.242. The van der Waals surface area contributed by atoms with Crippen LogP contribution in [0.25, 0.3) is 0 Å². The Labute approximate surface area is 129 Å². The molecule has 21 heavy (non-hydrogen) atoms. The van der Waals surface area contributed by atoms with Gasteiger partial charge < -0.3 is 15.2 Å². The zero-order valence-electron chi connectivity index (χ0n) is 14.2. The Bertz CT molecular complexity index is 435. The van der Waals surface area contributed by atoms with Gasteiger partial charge in [0.15, 0.2) is 0 Å². The third-order valence-electron chi connectivity index (χ3n) is 4.22. The van der Waals surface area contributed by atoms with E-state index in [1.807, 2.05) is 18.2 Å². The summed E-state index contributed by atoms with van der Waals surface area (Å²) < 4.78 is 10.8. The Morgan fingerprint density at radius 1 is 1.14 bits per heavy atom. The van der Waals surface area contributed by atoms with Crippen molar-refractivity contribution in [2.45, 2.75) is 39.3 Å². The predicted octanol–water partition coefficient (Wildman–Crippen LogP) is 3.07. The molecule has 4 heteroatoms. The predicted molar refractivity (Wildman–Crippen MR) is 88.0 cm³/mol. The average Bonchev–Trinajstić information content (AvgIpc) is 2.50. The molecule has 0 saturated carbocycles. The summed E-state index contributed by atoms with van der Waals surface area (Å²) in [6, 6.07) is 6.41. The van der Waals surface area contributed by atoms with Crippen molar-refractivity contribution in [3.8, 4) is 11.5 Å². The first kappa shape index (κ1) is 17.8. The fraction of sp³-hybridized carbons (Fsp3) is 0.647. The minimum atomic E-state index is 0.242. The van der Waals surface area contributed by atoms with Crippen LogP contribution in [0.3, 0.4) is 0 Å². The summed E-state index contributed by atoms with van der Waals surface area (Å²) in [4.78, 5) is 2.31. The first-order valence-electron chi connectivity index (χ1n) is 7.58. The van der Waals surface area contributed by atoms with Crippen molar-refractivity contribution < 1.29 is 9.47 Å². The molecule has 0 radical (unpaired) electrons. The second-order valence-electron chi connectivity index (χ2n) is 5.96. The van der Waals surface area contributed by atoms with Gasteiger partial charge >= 0.3 is 0 Å². The van der Waals surface area contributed by atoms with E-state index in [2.05, 4.69) is 32.7 Å². The maximum Gasteiger partial charge on any atom is 0.123 e. The monoisotopic (exact) mass is 294 g/mol. The van der Waals surface area contributed by atoms with Gasteiger partial charge in [0.05, 0.1) is 14.2 Å². The lowest BCUT2D eigenvalue weighted by Crippen LogP contribution is -2.33. The molecule has 0 aliphatic rings. The van der Waals surface area contributed by atoms with Gasteiger partial charge in [-0.05, 0) is 51.1 Å². The fourth-order valence-electron chi connectivity index (χ4n) is 2.28. The van der Waals surface area contributed by atoms with Gasteiger partial charge in [-0.2, -0.15) is 0 Å². The number of ether oxygens (including phenoxy) is 2. The number of hydrogen-bond donors (Lipinski definition) is 1. The van der Waals surface area contributed by atoms with Crippen LogP contribution in [0.5, 0.6) is 11.5 Å². The molecule has 1 aromatic rings. The van der Waals surface area contributed by atoms with Crippen LogP contribution in [-0.2, 0) is 0 Å². The van der Waals surface area contributed by atoms with E-state index in [1.54, 1.807) is 14.2 Å². The first-order chi connectivity index (χ1) is 9.90. The Balaban J connectivity index is 2.79. The summed E-state index contributed by atoms with van der Waals surface area (Å²) >= 11 is 0.